The molecule has 5 heteroatoms. The molecule has 1 aliphatic carbocycles. The molecule has 0 radical (unpaired) electrons. The molecular formula is C10H15N3O2. The van der Waals surface area contributed by atoms with Gasteiger partial charge in [0.15, 0.2) is 0 Å². The number of nitrogens with zero attached hydrogens (tertiary/aromatic N) is 1. The minimum absolute atomic E-state index is 0.264. The van der Waals surface area contributed by atoms with Crippen molar-refractivity contribution >= 4 is 5.97 Å². The third-order valence-electron chi connectivity index (χ3n) is 2.87. The van der Waals surface area contributed by atoms with E-state index in [4.69, 9.17) is 5.11 Å². The van der Waals surface area contributed by atoms with Crippen LogP contribution in [0.1, 0.15) is 41.7 Å². The molecule has 1 heterocycles. The van der Waals surface area contributed by atoms with Crippen LogP contribution < -0.4 is 5.32 Å². The van der Waals surface area contributed by atoms with Crippen molar-refractivity contribution in [2.75, 3.05) is 0 Å². The topological polar surface area (TPSA) is 78.0 Å². The van der Waals surface area contributed by atoms with E-state index in [0.29, 0.717) is 18.3 Å². The lowest BCUT2D eigenvalue weighted by molar-refractivity contribution is 0.0695. The van der Waals surface area contributed by atoms with Crippen LogP contribution in [0, 0.1) is 0 Å². The normalized spacial score (nSPS) is 17.1. The Morgan fingerprint density at radius 1 is 1.60 bits per heavy atom. The summed E-state index contributed by atoms with van der Waals surface area (Å²) in [5, 5.41) is 18.7. The Kier molecular flexibility index (Phi) is 3.01. The number of hydrogen-bond acceptors (Lipinski definition) is 3. The highest BCUT2D eigenvalue weighted by Gasteiger charge is 2.16. The number of aromatic amines is 1. The van der Waals surface area contributed by atoms with Gasteiger partial charge in [-0.2, -0.15) is 5.10 Å². The molecule has 0 amide bonds. The van der Waals surface area contributed by atoms with Gasteiger partial charge in [-0.3, -0.25) is 5.10 Å². The Hall–Kier alpha value is -1.36. The van der Waals surface area contributed by atoms with Gasteiger partial charge in [-0.1, -0.05) is 12.8 Å². The highest BCUT2D eigenvalue weighted by molar-refractivity contribution is 5.88. The molecule has 5 nitrogen and oxygen atoms in total. The minimum atomic E-state index is -0.924. The number of carbonyl (C=O) groups is 1. The summed E-state index contributed by atoms with van der Waals surface area (Å²) in [6, 6.07) is 0.537. The van der Waals surface area contributed by atoms with Gasteiger partial charge in [0, 0.05) is 12.6 Å². The number of nitrogens with one attached hydrogen (secondary N) is 2. The van der Waals surface area contributed by atoms with E-state index in [1.54, 1.807) is 0 Å². The summed E-state index contributed by atoms with van der Waals surface area (Å²) in [6.07, 6.45) is 6.28. The molecule has 15 heavy (non-hydrogen) atoms. The van der Waals surface area contributed by atoms with Gasteiger partial charge in [0.05, 0.1) is 11.9 Å². The predicted molar refractivity (Wildman–Crippen MR) is 54.6 cm³/mol. The average Bonchev–Trinajstić information content (AvgIpc) is 2.86. The van der Waals surface area contributed by atoms with Crippen molar-refractivity contribution in [1.82, 2.24) is 15.5 Å². The maximum atomic E-state index is 10.8. The molecule has 0 spiro atoms. The van der Waals surface area contributed by atoms with Crippen molar-refractivity contribution < 1.29 is 9.90 Å². The molecule has 1 aromatic rings. The number of aromatic carboxylic acids is 1. The van der Waals surface area contributed by atoms with Crippen molar-refractivity contribution in [2.45, 2.75) is 38.3 Å². The van der Waals surface area contributed by atoms with Crippen LogP contribution in [-0.2, 0) is 6.54 Å². The highest BCUT2D eigenvalue weighted by atomic mass is 16.4. The van der Waals surface area contributed by atoms with Crippen LogP contribution in [0.5, 0.6) is 0 Å². The van der Waals surface area contributed by atoms with E-state index in [0.717, 1.165) is 0 Å². The zero-order valence-corrected chi connectivity index (χ0v) is 8.49. The van der Waals surface area contributed by atoms with E-state index in [1.807, 2.05) is 0 Å². The third kappa shape index (κ3) is 2.36. The largest absolute Gasteiger partial charge is 0.478 e. The fourth-order valence-corrected chi connectivity index (χ4v) is 2.01. The zero-order chi connectivity index (χ0) is 10.7. The smallest absolute Gasteiger partial charge is 0.339 e. The monoisotopic (exact) mass is 209 g/mol. The fraction of sp³-hybridized carbons (Fsp3) is 0.600. The van der Waals surface area contributed by atoms with Crippen molar-refractivity contribution in [3.8, 4) is 0 Å². The Morgan fingerprint density at radius 3 is 3.00 bits per heavy atom. The van der Waals surface area contributed by atoms with Gasteiger partial charge in [-0.05, 0) is 12.8 Å². The lowest BCUT2D eigenvalue weighted by Crippen LogP contribution is -2.26. The second-order valence-corrected chi connectivity index (χ2v) is 3.93. The van der Waals surface area contributed by atoms with Gasteiger partial charge in [-0.15, -0.1) is 0 Å². The second kappa shape index (κ2) is 4.44. The molecule has 1 saturated carbocycles. The molecule has 0 aromatic carbocycles. The molecule has 82 valence electrons. The van der Waals surface area contributed by atoms with Crippen molar-refractivity contribution in [3.63, 3.8) is 0 Å². The molecule has 1 fully saturated rings. The first-order chi connectivity index (χ1) is 7.27. The number of carboxylic acids is 1. The van der Waals surface area contributed by atoms with Gasteiger partial charge in [0.2, 0.25) is 0 Å². The van der Waals surface area contributed by atoms with Gasteiger partial charge < -0.3 is 10.4 Å². The summed E-state index contributed by atoms with van der Waals surface area (Å²) in [6.45, 7) is 0.562. The van der Waals surface area contributed by atoms with Crippen LogP contribution in [0.25, 0.3) is 0 Å². The summed E-state index contributed by atoms with van der Waals surface area (Å²) in [4.78, 5) is 10.8. The van der Waals surface area contributed by atoms with Crippen LogP contribution >= 0.6 is 0 Å². The van der Waals surface area contributed by atoms with E-state index in [2.05, 4.69) is 15.5 Å². The van der Waals surface area contributed by atoms with Crippen LogP contribution in [-0.4, -0.2) is 27.3 Å². The van der Waals surface area contributed by atoms with Crippen LogP contribution in [0.2, 0.25) is 0 Å². The predicted octanol–water partition coefficient (Wildman–Crippen LogP) is 1.14. The molecule has 1 aromatic heterocycles. The molecule has 0 aliphatic heterocycles. The fourth-order valence-electron chi connectivity index (χ4n) is 2.01. The molecule has 0 saturated heterocycles. The van der Waals surface area contributed by atoms with Crippen LogP contribution in [0.4, 0.5) is 0 Å². The maximum absolute atomic E-state index is 10.8. The van der Waals surface area contributed by atoms with Crippen LogP contribution in [0.15, 0.2) is 6.20 Å². The first kappa shape index (κ1) is 10.2. The Labute approximate surface area is 87.9 Å². The van der Waals surface area contributed by atoms with Crippen molar-refractivity contribution in [1.29, 1.82) is 0 Å². The van der Waals surface area contributed by atoms with E-state index < -0.39 is 5.97 Å². The average molecular weight is 209 g/mol. The summed E-state index contributed by atoms with van der Waals surface area (Å²) in [5.41, 5.74) is 0.926. The standard InChI is InChI=1S/C10H15N3O2/c14-10(15)8-5-12-13-9(8)6-11-7-3-1-2-4-7/h5,7,11H,1-4,6H2,(H,12,13)(H,14,15). The lowest BCUT2D eigenvalue weighted by Gasteiger charge is -2.10. The summed E-state index contributed by atoms with van der Waals surface area (Å²) in [7, 11) is 0. The maximum Gasteiger partial charge on any atom is 0.339 e. The Bertz CT molecular complexity index is 342. The highest BCUT2D eigenvalue weighted by Crippen LogP contribution is 2.18. The lowest BCUT2D eigenvalue weighted by atomic mass is 10.2. The summed E-state index contributed by atoms with van der Waals surface area (Å²) < 4.78 is 0. The molecule has 2 rings (SSSR count). The Balaban J connectivity index is 1.92. The number of hydrogen-bond donors (Lipinski definition) is 3. The molecule has 3 N–H and O–H groups in total. The van der Waals surface area contributed by atoms with Crippen molar-refractivity contribution in [2.24, 2.45) is 0 Å². The SMILES string of the molecule is O=C(O)c1cn[nH]c1CNC1CCCC1. The number of rotatable bonds is 4. The number of H-pyrrole nitrogens is 1. The molecular weight excluding hydrogens is 194 g/mol. The minimum Gasteiger partial charge on any atom is -0.478 e. The van der Waals surface area contributed by atoms with E-state index in [-0.39, 0.29) is 5.56 Å². The third-order valence-corrected chi connectivity index (χ3v) is 2.87. The van der Waals surface area contributed by atoms with E-state index in [1.165, 1.54) is 31.9 Å². The van der Waals surface area contributed by atoms with E-state index >= 15 is 0 Å². The quantitative estimate of drug-likeness (QED) is 0.694. The Morgan fingerprint density at radius 2 is 2.33 bits per heavy atom. The van der Waals surface area contributed by atoms with Crippen molar-refractivity contribution in [3.05, 3.63) is 17.5 Å². The van der Waals surface area contributed by atoms with Gasteiger partial charge in [-0.25, -0.2) is 4.79 Å². The van der Waals surface area contributed by atoms with E-state index in [9.17, 15) is 4.79 Å². The molecule has 0 atom stereocenters. The second-order valence-electron chi connectivity index (χ2n) is 3.93. The zero-order valence-electron chi connectivity index (χ0n) is 8.49. The summed E-state index contributed by atoms with van der Waals surface area (Å²) in [5.74, 6) is -0.924. The van der Waals surface area contributed by atoms with Gasteiger partial charge in [0.1, 0.15) is 5.56 Å². The molecule has 0 bridgehead atoms. The number of carboxylic acid groups (broad SMARTS) is 1. The summed E-state index contributed by atoms with van der Waals surface area (Å²) >= 11 is 0. The first-order valence-corrected chi connectivity index (χ1v) is 5.26. The first-order valence-electron chi connectivity index (χ1n) is 5.26. The molecule has 0 unspecified atom stereocenters. The van der Waals surface area contributed by atoms with Crippen LogP contribution in [0.3, 0.4) is 0 Å². The molecule has 1 aliphatic rings. The number of aromatic nitrogens is 2. The van der Waals surface area contributed by atoms with Gasteiger partial charge >= 0.3 is 5.97 Å². The van der Waals surface area contributed by atoms with Gasteiger partial charge in [0.25, 0.3) is 0 Å².